The molecule has 7 nitrogen and oxygen atoms in total. The minimum Gasteiger partial charge on any atom is -0.493 e. The number of para-hydroxylation sites is 1. The summed E-state index contributed by atoms with van der Waals surface area (Å²) in [6.07, 6.45) is 1.79. The molecule has 1 fully saturated rings. The molecular formula is C29H24BrCl2NO6. The maximum absolute atomic E-state index is 13.3. The number of rotatable bonds is 7. The van der Waals surface area contributed by atoms with Crippen LogP contribution in [-0.2, 0) is 25.7 Å². The lowest BCUT2D eigenvalue weighted by atomic mass is 9.80. The van der Waals surface area contributed by atoms with Gasteiger partial charge in [0.1, 0.15) is 6.61 Å². The first-order valence-electron chi connectivity index (χ1n) is 12.0. The summed E-state index contributed by atoms with van der Waals surface area (Å²) < 4.78 is 23.3. The van der Waals surface area contributed by atoms with E-state index < -0.39 is 29.6 Å². The zero-order chi connectivity index (χ0) is 27.9. The number of esters is 2. The Morgan fingerprint density at radius 3 is 2.46 bits per heavy atom. The van der Waals surface area contributed by atoms with Gasteiger partial charge >= 0.3 is 11.9 Å². The van der Waals surface area contributed by atoms with Crippen molar-refractivity contribution in [2.24, 2.45) is 5.92 Å². The van der Waals surface area contributed by atoms with Crippen molar-refractivity contribution >= 4 is 62.0 Å². The zero-order valence-corrected chi connectivity index (χ0v) is 24.3. The summed E-state index contributed by atoms with van der Waals surface area (Å²) in [5, 5.41) is 1.87. The quantitative estimate of drug-likeness (QED) is 0.169. The van der Waals surface area contributed by atoms with E-state index in [4.69, 9.17) is 42.1 Å². The van der Waals surface area contributed by atoms with Gasteiger partial charge in [-0.25, -0.2) is 0 Å². The molecule has 0 radical (unpaired) electrons. The van der Waals surface area contributed by atoms with Crippen LogP contribution in [-0.4, -0.2) is 29.8 Å². The van der Waals surface area contributed by atoms with Crippen LogP contribution in [0.1, 0.15) is 36.5 Å². The van der Waals surface area contributed by atoms with Crippen LogP contribution in [0.15, 0.2) is 65.3 Å². The maximum atomic E-state index is 13.3. The molecule has 39 heavy (non-hydrogen) atoms. The first kappa shape index (κ1) is 27.4. The van der Waals surface area contributed by atoms with Crippen molar-refractivity contribution in [3.05, 3.63) is 92.0 Å². The molecule has 0 saturated carbocycles. The van der Waals surface area contributed by atoms with Gasteiger partial charge in [0.2, 0.25) is 0 Å². The SMILES string of the molecule is COc1cc([C@@H](c2c[nH]c3ccccc23)C2C(=O)OC(C)(C)OC2=O)cc(Br)c1OCc1ccc(Cl)cc1Cl. The van der Waals surface area contributed by atoms with Gasteiger partial charge in [0.15, 0.2) is 17.4 Å². The number of carbonyl (C=O) groups excluding carboxylic acids is 2. The van der Waals surface area contributed by atoms with E-state index in [0.29, 0.717) is 31.6 Å². The van der Waals surface area contributed by atoms with Crippen LogP contribution in [0.25, 0.3) is 10.9 Å². The van der Waals surface area contributed by atoms with E-state index in [2.05, 4.69) is 20.9 Å². The predicted molar refractivity (Wildman–Crippen MR) is 151 cm³/mol. The summed E-state index contributed by atoms with van der Waals surface area (Å²) in [6, 6.07) is 16.4. The van der Waals surface area contributed by atoms with Crippen molar-refractivity contribution in [1.29, 1.82) is 0 Å². The molecule has 10 heteroatoms. The molecule has 1 aromatic heterocycles. The van der Waals surface area contributed by atoms with Crippen LogP contribution in [0.2, 0.25) is 10.0 Å². The fourth-order valence-electron chi connectivity index (χ4n) is 4.75. The number of methoxy groups -OCH3 is 1. The second kappa shape index (κ2) is 10.8. The third-order valence-electron chi connectivity index (χ3n) is 6.49. The number of aromatic amines is 1. The molecule has 5 rings (SSSR count). The predicted octanol–water partition coefficient (Wildman–Crippen LogP) is 7.41. The van der Waals surface area contributed by atoms with Gasteiger partial charge in [0, 0.05) is 52.5 Å². The summed E-state index contributed by atoms with van der Waals surface area (Å²) in [5.74, 6) is -3.85. The number of fused-ring (bicyclic) bond motifs is 1. The number of hydrogen-bond donors (Lipinski definition) is 1. The van der Waals surface area contributed by atoms with E-state index in [0.717, 1.165) is 22.0 Å². The number of hydrogen-bond acceptors (Lipinski definition) is 6. The summed E-state index contributed by atoms with van der Waals surface area (Å²) in [4.78, 5) is 29.8. The number of cyclic esters (lactones) is 2. The van der Waals surface area contributed by atoms with Crippen LogP contribution in [0.3, 0.4) is 0 Å². The normalized spacial score (nSPS) is 16.1. The van der Waals surface area contributed by atoms with Crippen LogP contribution >= 0.6 is 39.1 Å². The molecule has 0 spiro atoms. The lowest BCUT2D eigenvalue weighted by Gasteiger charge is -2.36. The van der Waals surface area contributed by atoms with E-state index in [9.17, 15) is 9.59 Å². The van der Waals surface area contributed by atoms with Gasteiger partial charge in [-0.1, -0.05) is 47.5 Å². The Morgan fingerprint density at radius 2 is 1.77 bits per heavy atom. The van der Waals surface area contributed by atoms with Gasteiger partial charge in [0.05, 0.1) is 11.6 Å². The second-order valence-electron chi connectivity index (χ2n) is 9.55. The van der Waals surface area contributed by atoms with E-state index in [1.54, 1.807) is 36.5 Å². The van der Waals surface area contributed by atoms with Crippen molar-refractivity contribution in [2.75, 3.05) is 7.11 Å². The molecule has 202 valence electrons. The Morgan fingerprint density at radius 1 is 1.05 bits per heavy atom. The van der Waals surface area contributed by atoms with E-state index in [1.807, 2.05) is 24.3 Å². The smallest absolute Gasteiger partial charge is 0.324 e. The highest BCUT2D eigenvalue weighted by Gasteiger charge is 2.49. The standard InChI is InChI=1S/C29H24BrCl2NO6/c1-29(2)38-27(34)25(28(35)39-29)24(19-13-33-22-7-5-4-6-18(19)22)16-10-20(30)26(23(11-16)36-3)37-14-15-8-9-17(31)12-21(15)32/h4-13,24-25,33H,14H2,1-3H3/t24-/m0/s1. The zero-order valence-electron chi connectivity index (χ0n) is 21.2. The van der Waals surface area contributed by atoms with Crippen LogP contribution in [0.5, 0.6) is 11.5 Å². The van der Waals surface area contributed by atoms with Crippen molar-refractivity contribution < 1.29 is 28.5 Å². The molecule has 1 aliphatic rings. The van der Waals surface area contributed by atoms with Crippen molar-refractivity contribution in [1.82, 2.24) is 4.98 Å². The summed E-state index contributed by atoms with van der Waals surface area (Å²) in [6.45, 7) is 3.21. The number of ether oxygens (including phenoxy) is 4. The first-order valence-corrected chi connectivity index (χ1v) is 13.6. The average Bonchev–Trinajstić information content (AvgIpc) is 3.29. The highest BCUT2D eigenvalue weighted by Crippen LogP contribution is 2.45. The summed E-state index contributed by atoms with van der Waals surface area (Å²) in [5.41, 5.74) is 2.96. The van der Waals surface area contributed by atoms with Gasteiger partial charge in [-0.3, -0.25) is 9.59 Å². The second-order valence-corrected chi connectivity index (χ2v) is 11.2. The number of benzene rings is 3. The van der Waals surface area contributed by atoms with Gasteiger partial charge < -0.3 is 23.9 Å². The van der Waals surface area contributed by atoms with Crippen LogP contribution in [0, 0.1) is 5.92 Å². The lowest BCUT2D eigenvalue weighted by Crippen LogP contribution is -2.48. The number of nitrogens with one attached hydrogen (secondary N) is 1. The molecule has 0 unspecified atom stereocenters. The fraction of sp³-hybridized carbons (Fsp3) is 0.241. The largest absolute Gasteiger partial charge is 0.493 e. The molecular weight excluding hydrogens is 609 g/mol. The van der Waals surface area contributed by atoms with Crippen LogP contribution in [0.4, 0.5) is 0 Å². The molecule has 0 amide bonds. The van der Waals surface area contributed by atoms with Gasteiger partial charge in [-0.05, 0) is 57.4 Å². The molecule has 1 atom stereocenters. The third kappa shape index (κ3) is 5.46. The number of H-pyrrole nitrogens is 1. The Balaban J connectivity index is 1.59. The summed E-state index contributed by atoms with van der Waals surface area (Å²) in [7, 11) is 1.51. The number of halogens is 3. The maximum Gasteiger partial charge on any atom is 0.324 e. The van der Waals surface area contributed by atoms with Gasteiger partial charge in [-0.2, -0.15) is 0 Å². The van der Waals surface area contributed by atoms with E-state index in [-0.39, 0.29) is 6.61 Å². The molecule has 0 aliphatic carbocycles. The molecule has 1 aliphatic heterocycles. The molecule has 1 saturated heterocycles. The van der Waals surface area contributed by atoms with Crippen molar-refractivity contribution in [3.8, 4) is 11.5 Å². The Hall–Kier alpha value is -3.20. The highest BCUT2D eigenvalue weighted by atomic mass is 79.9. The molecule has 3 aromatic carbocycles. The van der Waals surface area contributed by atoms with Gasteiger partial charge in [-0.15, -0.1) is 0 Å². The Kier molecular flexibility index (Phi) is 7.55. The minimum absolute atomic E-state index is 0.159. The monoisotopic (exact) mass is 631 g/mol. The third-order valence-corrected chi connectivity index (χ3v) is 7.66. The van der Waals surface area contributed by atoms with Gasteiger partial charge in [0.25, 0.3) is 5.79 Å². The minimum atomic E-state index is -1.35. The number of carbonyl (C=O) groups is 2. The van der Waals surface area contributed by atoms with Crippen LogP contribution < -0.4 is 9.47 Å². The van der Waals surface area contributed by atoms with E-state index in [1.165, 1.54) is 21.0 Å². The number of aromatic nitrogens is 1. The Bertz CT molecular complexity index is 1560. The van der Waals surface area contributed by atoms with Crippen molar-refractivity contribution in [3.63, 3.8) is 0 Å². The highest BCUT2D eigenvalue weighted by molar-refractivity contribution is 9.10. The Labute approximate surface area is 243 Å². The summed E-state index contributed by atoms with van der Waals surface area (Å²) >= 11 is 15.9. The molecule has 0 bridgehead atoms. The van der Waals surface area contributed by atoms with Crippen molar-refractivity contribution in [2.45, 2.75) is 32.2 Å². The topological polar surface area (TPSA) is 86.9 Å². The fourth-order valence-corrected chi connectivity index (χ4v) is 5.79. The molecule has 4 aromatic rings. The first-order chi connectivity index (χ1) is 18.6. The lowest BCUT2D eigenvalue weighted by molar-refractivity contribution is -0.240. The molecule has 2 heterocycles. The van der Waals surface area contributed by atoms with E-state index >= 15 is 0 Å². The molecule has 1 N–H and O–H groups in total. The average molecular weight is 633 g/mol.